The van der Waals surface area contributed by atoms with E-state index in [1.54, 1.807) is 0 Å². The summed E-state index contributed by atoms with van der Waals surface area (Å²) in [5.41, 5.74) is 2.30. The van der Waals surface area contributed by atoms with Crippen LogP contribution in [0.1, 0.15) is 11.1 Å². The van der Waals surface area contributed by atoms with Gasteiger partial charge in [0.2, 0.25) is 0 Å². The predicted octanol–water partition coefficient (Wildman–Crippen LogP) is 4.65. The molecular weight excluding hydrogens is 300 g/mol. The van der Waals surface area contributed by atoms with Crippen molar-refractivity contribution >= 4 is 21.6 Å². The van der Waals surface area contributed by atoms with E-state index in [0.717, 1.165) is 33.8 Å². The van der Waals surface area contributed by atoms with Gasteiger partial charge in [-0.2, -0.15) is 0 Å². The zero-order valence-corrected chi connectivity index (χ0v) is 11.4. The molecular formula is C14H12BrF2N. The molecule has 0 bridgehead atoms. The number of hydrogen-bond donors (Lipinski definition) is 1. The fraction of sp³-hybridized carbons (Fsp3) is 0.143. The van der Waals surface area contributed by atoms with Gasteiger partial charge in [0, 0.05) is 11.0 Å². The average molecular weight is 312 g/mol. The lowest BCUT2D eigenvalue weighted by Gasteiger charge is -2.09. The minimum Gasteiger partial charge on any atom is -0.379 e. The van der Waals surface area contributed by atoms with Crippen LogP contribution in [0.5, 0.6) is 0 Å². The Balaban J connectivity index is 2.11. The van der Waals surface area contributed by atoms with E-state index in [4.69, 9.17) is 0 Å². The summed E-state index contributed by atoms with van der Waals surface area (Å²) >= 11 is 3.44. The van der Waals surface area contributed by atoms with E-state index in [0.29, 0.717) is 6.54 Å². The molecule has 0 saturated carbocycles. The minimum absolute atomic E-state index is 0.173. The number of nitrogens with one attached hydrogen (secondary N) is 1. The van der Waals surface area contributed by atoms with Crippen molar-refractivity contribution in [3.63, 3.8) is 0 Å². The maximum absolute atomic E-state index is 13.4. The van der Waals surface area contributed by atoms with Crippen molar-refractivity contribution < 1.29 is 8.78 Å². The number of halogens is 3. The van der Waals surface area contributed by atoms with Crippen LogP contribution in [0.25, 0.3) is 0 Å². The molecule has 1 N–H and O–H groups in total. The summed E-state index contributed by atoms with van der Waals surface area (Å²) in [6.07, 6.45) is 0. The van der Waals surface area contributed by atoms with Crippen molar-refractivity contribution in [2.45, 2.75) is 13.5 Å². The third-order valence-electron chi connectivity index (χ3n) is 2.65. The second-order valence-electron chi connectivity index (χ2n) is 4.06. The zero-order valence-electron chi connectivity index (χ0n) is 9.81. The number of hydrogen-bond acceptors (Lipinski definition) is 1. The van der Waals surface area contributed by atoms with Gasteiger partial charge in [0.25, 0.3) is 0 Å². The smallest absolute Gasteiger partial charge is 0.146 e. The van der Waals surface area contributed by atoms with Crippen molar-refractivity contribution in [1.29, 1.82) is 0 Å². The number of anilines is 1. The van der Waals surface area contributed by atoms with Crippen LogP contribution in [-0.4, -0.2) is 0 Å². The molecule has 0 aliphatic heterocycles. The molecule has 0 fully saturated rings. The summed E-state index contributed by atoms with van der Waals surface area (Å²) in [5, 5.41) is 2.88. The predicted molar refractivity (Wildman–Crippen MR) is 72.6 cm³/mol. The first-order valence-electron chi connectivity index (χ1n) is 5.50. The van der Waals surface area contributed by atoms with Crippen molar-refractivity contribution in [2.24, 2.45) is 0 Å². The molecule has 4 heteroatoms. The summed E-state index contributed by atoms with van der Waals surface area (Å²) in [5.74, 6) is -0.911. The topological polar surface area (TPSA) is 12.0 Å². The Labute approximate surface area is 113 Å². The maximum Gasteiger partial charge on any atom is 0.146 e. The molecule has 0 atom stereocenters. The number of benzene rings is 2. The molecule has 2 aromatic rings. The summed E-state index contributed by atoms with van der Waals surface area (Å²) in [7, 11) is 0. The molecule has 2 rings (SSSR count). The van der Waals surface area contributed by atoms with Crippen LogP contribution >= 0.6 is 15.9 Å². The lowest BCUT2D eigenvalue weighted by Crippen LogP contribution is -2.02. The molecule has 0 radical (unpaired) electrons. The first-order chi connectivity index (χ1) is 8.56. The van der Waals surface area contributed by atoms with Crippen LogP contribution in [0.3, 0.4) is 0 Å². The normalized spacial score (nSPS) is 10.4. The summed E-state index contributed by atoms with van der Waals surface area (Å²) < 4.78 is 27.4. The van der Waals surface area contributed by atoms with Gasteiger partial charge >= 0.3 is 0 Å². The highest BCUT2D eigenvalue weighted by Crippen LogP contribution is 2.20. The molecule has 0 amide bonds. The highest BCUT2D eigenvalue weighted by Gasteiger charge is 2.04. The molecule has 1 nitrogen and oxygen atoms in total. The van der Waals surface area contributed by atoms with Gasteiger partial charge in [-0.25, -0.2) is 8.78 Å². The number of rotatable bonds is 3. The summed E-state index contributed by atoms with van der Waals surface area (Å²) in [6.45, 7) is 2.44. The van der Waals surface area contributed by atoms with Crippen molar-refractivity contribution in [2.75, 3.05) is 5.32 Å². The second-order valence-corrected chi connectivity index (χ2v) is 4.92. The Kier molecular flexibility index (Phi) is 3.97. The first-order valence-corrected chi connectivity index (χ1v) is 6.29. The van der Waals surface area contributed by atoms with E-state index >= 15 is 0 Å². The second kappa shape index (κ2) is 5.48. The van der Waals surface area contributed by atoms with Crippen LogP contribution in [0, 0.1) is 18.6 Å². The Morgan fingerprint density at radius 1 is 1.11 bits per heavy atom. The lowest BCUT2D eigenvalue weighted by atomic mass is 10.1. The molecule has 2 aromatic carbocycles. The fourth-order valence-corrected chi connectivity index (χ4v) is 2.00. The molecule has 0 saturated heterocycles. The van der Waals surface area contributed by atoms with E-state index in [2.05, 4.69) is 21.2 Å². The van der Waals surface area contributed by atoms with E-state index in [1.165, 1.54) is 0 Å². The van der Waals surface area contributed by atoms with Gasteiger partial charge in [0.05, 0.1) is 5.69 Å². The third kappa shape index (κ3) is 3.07. The average Bonchev–Trinajstić information content (AvgIpc) is 2.34. The Bertz CT molecular complexity index is 570. The van der Waals surface area contributed by atoms with E-state index in [9.17, 15) is 8.78 Å². The largest absolute Gasteiger partial charge is 0.379 e. The molecule has 0 aliphatic rings. The van der Waals surface area contributed by atoms with Gasteiger partial charge in [0.1, 0.15) is 11.6 Å². The van der Waals surface area contributed by atoms with Gasteiger partial charge in [0.15, 0.2) is 0 Å². The molecule has 94 valence electrons. The van der Waals surface area contributed by atoms with Gasteiger partial charge < -0.3 is 5.32 Å². The van der Waals surface area contributed by atoms with E-state index in [1.807, 2.05) is 25.1 Å². The van der Waals surface area contributed by atoms with Gasteiger partial charge in [-0.1, -0.05) is 28.1 Å². The van der Waals surface area contributed by atoms with Crippen LogP contribution in [-0.2, 0) is 6.54 Å². The summed E-state index contributed by atoms with van der Waals surface area (Å²) in [4.78, 5) is 0. The minimum atomic E-state index is -0.456. The lowest BCUT2D eigenvalue weighted by molar-refractivity contribution is 0.602. The molecule has 0 heterocycles. The molecule has 0 aliphatic carbocycles. The van der Waals surface area contributed by atoms with Crippen molar-refractivity contribution in [3.8, 4) is 0 Å². The fourth-order valence-electron chi connectivity index (χ4n) is 1.58. The van der Waals surface area contributed by atoms with Gasteiger partial charge in [-0.3, -0.25) is 0 Å². The van der Waals surface area contributed by atoms with Crippen molar-refractivity contribution in [1.82, 2.24) is 0 Å². The molecule has 18 heavy (non-hydrogen) atoms. The molecule has 0 aromatic heterocycles. The molecule has 0 unspecified atom stereocenters. The zero-order chi connectivity index (χ0) is 13.1. The monoisotopic (exact) mass is 311 g/mol. The Morgan fingerprint density at radius 2 is 1.89 bits per heavy atom. The van der Waals surface area contributed by atoms with Crippen molar-refractivity contribution in [3.05, 3.63) is 63.6 Å². The van der Waals surface area contributed by atoms with Crippen LogP contribution in [0.15, 0.2) is 40.9 Å². The highest BCUT2D eigenvalue weighted by molar-refractivity contribution is 9.10. The van der Waals surface area contributed by atoms with E-state index < -0.39 is 11.6 Å². The SMILES string of the molecule is Cc1ccc(CNc2cc(F)ccc2F)cc1Br. The number of aryl methyl sites for hydroxylation is 1. The standard InChI is InChI=1S/C14H12BrF2N/c1-9-2-3-10(6-12(9)15)8-18-14-7-11(16)4-5-13(14)17/h2-7,18H,8H2,1H3. The summed E-state index contributed by atoms with van der Waals surface area (Å²) in [6, 6.07) is 9.25. The third-order valence-corrected chi connectivity index (χ3v) is 3.50. The van der Waals surface area contributed by atoms with Crippen LogP contribution in [0.2, 0.25) is 0 Å². The Hall–Kier alpha value is -1.42. The first kappa shape index (κ1) is 13.0. The maximum atomic E-state index is 13.4. The van der Waals surface area contributed by atoms with Crippen LogP contribution < -0.4 is 5.32 Å². The molecule has 0 spiro atoms. The Morgan fingerprint density at radius 3 is 2.61 bits per heavy atom. The van der Waals surface area contributed by atoms with E-state index in [-0.39, 0.29) is 5.69 Å². The highest BCUT2D eigenvalue weighted by atomic mass is 79.9. The van der Waals surface area contributed by atoms with Gasteiger partial charge in [-0.05, 0) is 42.3 Å². The van der Waals surface area contributed by atoms with Crippen LogP contribution in [0.4, 0.5) is 14.5 Å². The van der Waals surface area contributed by atoms with Gasteiger partial charge in [-0.15, -0.1) is 0 Å². The quantitative estimate of drug-likeness (QED) is 0.870.